The van der Waals surface area contributed by atoms with Gasteiger partial charge in [-0.15, -0.1) is 0 Å². The number of nitrogens with zero attached hydrogens (tertiary/aromatic N) is 1. The zero-order valence-corrected chi connectivity index (χ0v) is 20.4. The Morgan fingerprint density at radius 1 is 1.03 bits per heavy atom. The van der Waals surface area contributed by atoms with Crippen molar-refractivity contribution in [3.8, 4) is 5.75 Å². The number of carboxylic acid groups (broad SMARTS) is 2. The minimum absolute atomic E-state index is 0.135. The maximum atomic E-state index is 13.3. The number of carbonyl (C=O) groups is 5. The minimum Gasteiger partial charge on any atom is -0.510 e. The molecule has 1 aromatic rings. The van der Waals surface area contributed by atoms with Crippen LogP contribution in [0.3, 0.4) is 0 Å². The van der Waals surface area contributed by atoms with Crippen LogP contribution in [0.25, 0.3) is 0 Å². The zero-order valence-electron chi connectivity index (χ0n) is 20.4. The van der Waals surface area contributed by atoms with E-state index in [4.69, 9.17) is 25.5 Å². The number of fused-ring (bicyclic) bond motifs is 3. The number of carbonyl (C=O) groups excluding carboxylic acids is 3. The van der Waals surface area contributed by atoms with Crippen LogP contribution in [0.2, 0.25) is 0 Å². The molecule has 0 aliphatic heterocycles. The van der Waals surface area contributed by atoms with Gasteiger partial charge < -0.3 is 41.5 Å². The Balaban J connectivity index is 0.000000599. The molecule has 5 atom stereocenters. The average molecular weight is 534 g/mol. The van der Waals surface area contributed by atoms with Gasteiger partial charge in [0, 0.05) is 17.4 Å². The summed E-state index contributed by atoms with van der Waals surface area (Å²) in [4.78, 5) is 58.1. The van der Waals surface area contributed by atoms with E-state index in [1.165, 1.54) is 44.1 Å². The van der Waals surface area contributed by atoms with Crippen molar-refractivity contribution < 1.29 is 59.7 Å². The van der Waals surface area contributed by atoms with Gasteiger partial charge in [-0.3, -0.25) is 19.3 Å². The van der Waals surface area contributed by atoms with Gasteiger partial charge in [-0.25, -0.2) is 9.59 Å². The maximum absolute atomic E-state index is 13.3. The van der Waals surface area contributed by atoms with Crippen LogP contribution in [0.15, 0.2) is 40.9 Å². The fraction of sp³-hybridized carbons (Fsp3) is 0.375. The summed E-state index contributed by atoms with van der Waals surface area (Å²) in [6.45, 7) is 1.40. The molecule has 14 heteroatoms. The van der Waals surface area contributed by atoms with E-state index >= 15 is 0 Å². The standard InChI is InChI=1S/C22H24N2O8.C2H2O4/c1-21(31)8-5-4-6-11(25)12(8)16(26)13-9(21)7-10-15(24(2)3)17(27)14(20(23)30)19(29)22(10,32)18(13)28;3-1(4)2(5)6/h4-6,9-10,15,25,27-28,31-32H,7H2,1-3H3,(H2,23,30);(H,3,4)(H,5,6)/t9-,10-,15-,21+,22-;/m0./s1. The molecule has 0 saturated carbocycles. The molecule has 0 heterocycles. The highest BCUT2D eigenvalue weighted by Crippen LogP contribution is 2.56. The second-order valence-electron chi connectivity index (χ2n) is 9.57. The van der Waals surface area contributed by atoms with Crippen molar-refractivity contribution in [3.63, 3.8) is 0 Å². The number of benzene rings is 1. The first-order valence-electron chi connectivity index (χ1n) is 11.1. The van der Waals surface area contributed by atoms with Gasteiger partial charge in [0.2, 0.25) is 5.78 Å². The van der Waals surface area contributed by atoms with Crippen molar-refractivity contribution in [2.75, 3.05) is 14.1 Å². The Hall–Kier alpha value is -4.27. The van der Waals surface area contributed by atoms with Crippen LogP contribution < -0.4 is 5.73 Å². The summed E-state index contributed by atoms with van der Waals surface area (Å²) in [7, 11) is 3.06. The summed E-state index contributed by atoms with van der Waals surface area (Å²) in [5.41, 5.74) is -0.654. The van der Waals surface area contributed by atoms with Gasteiger partial charge in [0.25, 0.3) is 5.91 Å². The molecule has 0 fully saturated rings. The topological polar surface area (TPSA) is 256 Å². The van der Waals surface area contributed by atoms with Crippen LogP contribution in [-0.2, 0) is 24.8 Å². The van der Waals surface area contributed by atoms with Crippen LogP contribution in [0, 0.1) is 11.8 Å². The molecule has 3 aliphatic carbocycles. The lowest BCUT2D eigenvalue weighted by Gasteiger charge is -2.52. The number of phenols is 1. The normalized spacial score (nSPS) is 30.1. The monoisotopic (exact) mass is 534 g/mol. The predicted molar refractivity (Wildman–Crippen MR) is 125 cm³/mol. The highest BCUT2D eigenvalue weighted by atomic mass is 16.4. The van der Waals surface area contributed by atoms with Crippen LogP contribution in [0.1, 0.15) is 29.3 Å². The van der Waals surface area contributed by atoms with Crippen LogP contribution >= 0.6 is 0 Å². The summed E-state index contributed by atoms with van der Waals surface area (Å²) in [6.07, 6.45) is -0.200. The van der Waals surface area contributed by atoms with Crippen molar-refractivity contribution in [2.24, 2.45) is 17.6 Å². The van der Waals surface area contributed by atoms with Gasteiger partial charge in [-0.1, -0.05) is 12.1 Å². The molecular weight excluding hydrogens is 508 g/mol. The molecule has 4 rings (SSSR count). The Kier molecular flexibility index (Phi) is 6.88. The highest BCUT2D eigenvalue weighted by molar-refractivity contribution is 6.27. The number of aliphatic hydroxyl groups is 4. The Labute approximate surface area is 214 Å². The first-order chi connectivity index (χ1) is 17.4. The molecule has 38 heavy (non-hydrogen) atoms. The number of aliphatic hydroxyl groups excluding tert-OH is 2. The van der Waals surface area contributed by atoms with Crippen LogP contribution in [0.5, 0.6) is 5.75 Å². The number of amides is 1. The number of nitrogens with two attached hydrogens (primary N) is 1. The van der Waals surface area contributed by atoms with Gasteiger partial charge in [0.15, 0.2) is 11.4 Å². The van der Waals surface area contributed by atoms with E-state index in [-0.39, 0.29) is 17.5 Å². The van der Waals surface area contributed by atoms with Crippen molar-refractivity contribution in [3.05, 3.63) is 52.0 Å². The van der Waals surface area contributed by atoms with Gasteiger partial charge in [0.1, 0.15) is 22.8 Å². The number of rotatable bonds is 2. The molecule has 0 unspecified atom stereocenters. The highest BCUT2D eigenvalue weighted by Gasteiger charge is 2.65. The largest absolute Gasteiger partial charge is 0.510 e. The van der Waals surface area contributed by atoms with Crippen molar-refractivity contribution >= 4 is 29.4 Å². The van der Waals surface area contributed by atoms with Gasteiger partial charge in [-0.05, 0) is 39.1 Å². The fourth-order valence-corrected chi connectivity index (χ4v) is 5.51. The Morgan fingerprint density at radius 3 is 2.05 bits per heavy atom. The number of Topliss-reactive ketones (excluding diaryl/α,β-unsaturated/α-hetero) is 2. The summed E-state index contributed by atoms with van der Waals surface area (Å²) in [5, 5.41) is 69.8. The molecule has 0 bridgehead atoms. The lowest BCUT2D eigenvalue weighted by Crippen LogP contribution is -2.65. The lowest BCUT2D eigenvalue weighted by atomic mass is 9.55. The fourth-order valence-electron chi connectivity index (χ4n) is 5.51. The minimum atomic E-state index is -2.75. The molecular formula is C24H26N2O12. The number of primary amides is 1. The van der Waals surface area contributed by atoms with E-state index in [0.717, 1.165) is 0 Å². The number of phenolic OH excluding ortho intramolecular Hbond substituents is 1. The van der Waals surface area contributed by atoms with E-state index < -0.39 is 86.9 Å². The smallest absolute Gasteiger partial charge is 0.414 e. The number of hydrogen-bond donors (Lipinski definition) is 8. The van der Waals surface area contributed by atoms with Crippen molar-refractivity contribution in [1.29, 1.82) is 0 Å². The number of likely N-dealkylation sites (N-methyl/N-ethyl adjacent to an activating group) is 1. The number of hydrogen-bond acceptors (Lipinski definition) is 11. The third-order valence-electron chi connectivity index (χ3n) is 7.21. The molecule has 1 amide bonds. The van der Waals surface area contributed by atoms with E-state index in [2.05, 4.69) is 0 Å². The summed E-state index contributed by atoms with van der Waals surface area (Å²) in [5.74, 6) is -11.5. The molecule has 14 nitrogen and oxygen atoms in total. The van der Waals surface area contributed by atoms with Crippen LogP contribution in [-0.4, -0.2) is 95.8 Å². The summed E-state index contributed by atoms with van der Waals surface area (Å²) in [6, 6.07) is 3.05. The number of aromatic hydroxyl groups is 1. The Bertz CT molecular complexity index is 1330. The Morgan fingerprint density at radius 2 is 1.58 bits per heavy atom. The summed E-state index contributed by atoms with van der Waals surface area (Å²) >= 11 is 0. The average Bonchev–Trinajstić information content (AvgIpc) is 2.79. The third kappa shape index (κ3) is 3.89. The first-order valence-corrected chi connectivity index (χ1v) is 11.1. The molecule has 3 aliphatic rings. The van der Waals surface area contributed by atoms with E-state index in [9.17, 15) is 39.9 Å². The zero-order chi connectivity index (χ0) is 29.1. The van der Waals surface area contributed by atoms with Gasteiger partial charge >= 0.3 is 11.9 Å². The maximum Gasteiger partial charge on any atom is 0.414 e. The SMILES string of the molecule is CN(C)[C@@H]1C(O)=C(C(N)=O)C(=O)[C@@]2(O)C(O)=C3C(=O)c4c(O)cccc4[C@@](C)(O)[C@H]3C[C@@H]12.O=C(O)C(=O)O. The molecule has 0 radical (unpaired) electrons. The predicted octanol–water partition coefficient (Wildman–Crippen LogP) is -1.06. The number of ketones is 2. The molecule has 1 aromatic carbocycles. The van der Waals surface area contributed by atoms with E-state index in [1.807, 2.05) is 0 Å². The lowest BCUT2D eigenvalue weighted by molar-refractivity contribution is -0.159. The van der Waals surface area contributed by atoms with Gasteiger partial charge in [-0.2, -0.15) is 0 Å². The molecule has 0 aromatic heterocycles. The third-order valence-corrected chi connectivity index (χ3v) is 7.21. The first kappa shape index (κ1) is 28.3. The van der Waals surface area contributed by atoms with Crippen molar-refractivity contribution in [2.45, 2.75) is 30.6 Å². The molecule has 0 spiro atoms. The van der Waals surface area contributed by atoms with E-state index in [1.54, 1.807) is 0 Å². The summed E-state index contributed by atoms with van der Waals surface area (Å²) < 4.78 is 0. The van der Waals surface area contributed by atoms with Gasteiger partial charge in [0.05, 0.1) is 17.2 Å². The molecule has 0 saturated heterocycles. The second kappa shape index (κ2) is 9.24. The van der Waals surface area contributed by atoms with Crippen molar-refractivity contribution in [1.82, 2.24) is 4.90 Å². The molecule has 204 valence electrons. The van der Waals surface area contributed by atoms with Crippen LogP contribution in [0.4, 0.5) is 0 Å². The molecule has 9 N–H and O–H groups in total. The second-order valence-corrected chi connectivity index (χ2v) is 9.57. The quantitative estimate of drug-likeness (QED) is 0.166. The number of carboxylic acids is 2. The van der Waals surface area contributed by atoms with E-state index in [0.29, 0.717) is 0 Å². The number of aliphatic carboxylic acids is 2.